The molecule has 0 saturated heterocycles. The van der Waals surface area contributed by atoms with Crippen LogP contribution in [0, 0.1) is 11.8 Å². The first-order chi connectivity index (χ1) is 23.7. The fourth-order valence-corrected chi connectivity index (χ4v) is 4.29. The van der Waals surface area contributed by atoms with Crippen LogP contribution in [0.5, 0.6) is 0 Å². The Morgan fingerprint density at radius 3 is 1.57 bits per heavy atom. The van der Waals surface area contributed by atoms with Crippen molar-refractivity contribution in [2.75, 3.05) is 20.2 Å². The van der Waals surface area contributed by atoms with Crippen molar-refractivity contribution < 1.29 is 48.5 Å². The standard InChI is InChI=1S/C29H54N10O8.C2H4O2/c1-16(2)22(26(45)39-23(17(3)4)27(46)47-5)38-25(44)19(12-13-21(41)42)37-24(43)18(10-9-15-35-29(32)33)36-20(40)11-7-6-8-14-34-28(30)31;1-2(3)4/h16-19,22-23H,6-15H2,1-5H3,(H,36,40)(H,37,43)(H,38,44)(H,39,45)(H,41,42)(H4,30,31,34)(H4,32,33,35);1H3,(H,3,4)/t18-,19-,22-,23-;/m0./s1. The van der Waals surface area contributed by atoms with E-state index < -0.39 is 78.0 Å². The van der Waals surface area contributed by atoms with Gasteiger partial charge in [0.2, 0.25) is 23.6 Å². The molecule has 0 aliphatic rings. The van der Waals surface area contributed by atoms with E-state index in [-0.39, 0.29) is 43.6 Å². The highest BCUT2D eigenvalue weighted by atomic mass is 16.5. The molecule has 51 heavy (non-hydrogen) atoms. The molecule has 0 bridgehead atoms. The third-order valence-electron chi connectivity index (χ3n) is 6.90. The van der Waals surface area contributed by atoms with Crippen LogP contribution in [-0.2, 0) is 38.3 Å². The number of rotatable bonds is 23. The highest BCUT2D eigenvalue weighted by molar-refractivity contribution is 5.95. The van der Waals surface area contributed by atoms with Crippen molar-refractivity contribution in [1.29, 1.82) is 0 Å². The van der Waals surface area contributed by atoms with Crippen LogP contribution in [0.4, 0.5) is 0 Å². The summed E-state index contributed by atoms with van der Waals surface area (Å²) in [6.07, 6.45) is 1.55. The van der Waals surface area contributed by atoms with E-state index in [1.807, 2.05) is 0 Å². The number of carboxylic acids is 2. The van der Waals surface area contributed by atoms with Gasteiger partial charge in [0, 0.05) is 32.9 Å². The Kier molecular flexibility index (Phi) is 25.1. The van der Waals surface area contributed by atoms with Gasteiger partial charge in [0.1, 0.15) is 24.2 Å². The van der Waals surface area contributed by atoms with Crippen LogP contribution in [0.1, 0.15) is 86.0 Å². The number of carbonyl (C=O) groups is 7. The third-order valence-corrected chi connectivity index (χ3v) is 6.90. The number of aliphatic imine (C=N–C) groups is 2. The van der Waals surface area contributed by atoms with Crippen LogP contribution in [-0.4, -0.2) is 108 Å². The molecule has 4 amide bonds. The van der Waals surface area contributed by atoms with E-state index in [9.17, 15) is 33.9 Å². The van der Waals surface area contributed by atoms with E-state index in [1.165, 1.54) is 7.11 Å². The molecule has 0 aromatic carbocycles. The molecule has 20 nitrogen and oxygen atoms in total. The van der Waals surface area contributed by atoms with E-state index in [2.05, 4.69) is 31.3 Å². The van der Waals surface area contributed by atoms with Gasteiger partial charge in [0.05, 0.1) is 7.11 Å². The van der Waals surface area contributed by atoms with Crippen molar-refractivity contribution >= 4 is 53.5 Å². The summed E-state index contributed by atoms with van der Waals surface area (Å²) >= 11 is 0. The number of aliphatic carboxylic acids is 2. The van der Waals surface area contributed by atoms with Gasteiger partial charge in [-0.2, -0.15) is 0 Å². The number of ether oxygens (including phenoxy) is 1. The lowest BCUT2D eigenvalue weighted by Gasteiger charge is -2.28. The molecule has 0 rings (SSSR count). The maximum atomic E-state index is 13.4. The van der Waals surface area contributed by atoms with Crippen LogP contribution in [0.15, 0.2) is 9.98 Å². The van der Waals surface area contributed by atoms with Gasteiger partial charge in [0.25, 0.3) is 5.97 Å². The Hall–Kier alpha value is -5.17. The molecular weight excluding hydrogens is 672 g/mol. The van der Waals surface area contributed by atoms with E-state index in [0.717, 1.165) is 6.92 Å². The molecule has 20 heteroatoms. The van der Waals surface area contributed by atoms with Crippen LogP contribution in [0.25, 0.3) is 0 Å². The number of esters is 1. The number of unbranched alkanes of at least 4 members (excludes halogenated alkanes) is 2. The van der Waals surface area contributed by atoms with Gasteiger partial charge in [-0.05, 0) is 43.9 Å². The predicted molar refractivity (Wildman–Crippen MR) is 189 cm³/mol. The van der Waals surface area contributed by atoms with Gasteiger partial charge in [-0.1, -0.05) is 34.1 Å². The summed E-state index contributed by atoms with van der Waals surface area (Å²) in [6.45, 7) is 8.43. The van der Waals surface area contributed by atoms with Gasteiger partial charge >= 0.3 is 11.9 Å². The van der Waals surface area contributed by atoms with Gasteiger partial charge in [-0.15, -0.1) is 0 Å². The largest absolute Gasteiger partial charge is 0.481 e. The van der Waals surface area contributed by atoms with Gasteiger partial charge < -0.3 is 59.2 Å². The summed E-state index contributed by atoms with van der Waals surface area (Å²) < 4.78 is 4.77. The van der Waals surface area contributed by atoms with Crippen LogP contribution in [0.3, 0.4) is 0 Å². The number of amides is 4. The molecule has 0 aliphatic carbocycles. The van der Waals surface area contributed by atoms with Crippen molar-refractivity contribution in [2.24, 2.45) is 44.8 Å². The molecule has 292 valence electrons. The quantitative estimate of drug-likeness (QED) is 0.0241. The normalized spacial score (nSPS) is 12.8. The maximum absolute atomic E-state index is 13.4. The lowest BCUT2D eigenvalue weighted by molar-refractivity contribution is -0.147. The number of guanidine groups is 2. The molecule has 0 heterocycles. The van der Waals surface area contributed by atoms with Crippen molar-refractivity contribution in [2.45, 2.75) is 110 Å². The smallest absolute Gasteiger partial charge is 0.328 e. The number of nitrogens with two attached hydrogens (primary N) is 4. The second kappa shape index (κ2) is 26.7. The van der Waals surface area contributed by atoms with Gasteiger partial charge in [-0.3, -0.25) is 38.8 Å². The Labute approximate surface area is 298 Å². The first-order valence-electron chi connectivity index (χ1n) is 16.5. The lowest BCUT2D eigenvalue weighted by Crippen LogP contribution is -2.59. The highest BCUT2D eigenvalue weighted by Crippen LogP contribution is 2.10. The minimum Gasteiger partial charge on any atom is -0.481 e. The predicted octanol–water partition coefficient (Wildman–Crippen LogP) is -1.75. The van der Waals surface area contributed by atoms with Crippen molar-refractivity contribution in [3.8, 4) is 0 Å². The minimum absolute atomic E-state index is 0.0195. The topological polar surface area (TPSA) is 346 Å². The summed E-state index contributed by atoms with van der Waals surface area (Å²) in [6, 6.07) is -4.59. The molecule has 4 atom stereocenters. The first-order valence-corrected chi connectivity index (χ1v) is 16.5. The number of hydrogen-bond acceptors (Lipinski definition) is 10. The van der Waals surface area contributed by atoms with Crippen molar-refractivity contribution in [3.63, 3.8) is 0 Å². The van der Waals surface area contributed by atoms with E-state index in [4.69, 9.17) is 37.6 Å². The number of hydrogen-bond donors (Lipinski definition) is 10. The Bertz CT molecular complexity index is 1200. The summed E-state index contributed by atoms with van der Waals surface area (Å²) in [4.78, 5) is 93.0. The number of nitrogens with zero attached hydrogens (tertiary/aromatic N) is 2. The SMILES string of the molecule is CC(=O)O.COC(=O)[C@@H](NC(=O)[C@@H](NC(=O)[C@H](CCC(=O)O)NC(=O)[C@H](CCCN=C(N)N)NC(=O)CCCCCN=C(N)N)C(C)C)C(C)C. The second-order valence-corrected chi connectivity index (χ2v) is 12.2. The number of nitrogens with one attached hydrogen (secondary N) is 4. The van der Waals surface area contributed by atoms with Gasteiger partial charge in [-0.25, -0.2) is 4.79 Å². The molecule has 0 aromatic heterocycles. The molecule has 0 fully saturated rings. The van der Waals surface area contributed by atoms with Crippen LogP contribution < -0.4 is 44.2 Å². The van der Waals surface area contributed by atoms with Crippen molar-refractivity contribution in [3.05, 3.63) is 0 Å². The van der Waals surface area contributed by atoms with E-state index in [1.54, 1.807) is 27.7 Å². The molecule has 0 aliphatic heterocycles. The molecule has 0 unspecified atom stereocenters. The summed E-state index contributed by atoms with van der Waals surface area (Å²) in [5.74, 6) is -6.28. The zero-order valence-electron chi connectivity index (χ0n) is 30.4. The zero-order valence-corrected chi connectivity index (χ0v) is 30.4. The molecular formula is C31H58N10O10. The summed E-state index contributed by atoms with van der Waals surface area (Å²) in [7, 11) is 1.19. The van der Waals surface area contributed by atoms with Gasteiger partial charge in [0.15, 0.2) is 11.9 Å². The number of methoxy groups -OCH3 is 1. The molecule has 0 aromatic rings. The summed E-state index contributed by atoms with van der Waals surface area (Å²) in [5.41, 5.74) is 21.3. The minimum atomic E-state index is -1.37. The maximum Gasteiger partial charge on any atom is 0.328 e. The molecule has 0 radical (unpaired) electrons. The summed E-state index contributed by atoms with van der Waals surface area (Å²) in [5, 5.41) is 27.1. The number of carbonyl (C=O) groups excluding carboxylic acids is 5. The highest BCUT2D eigenvalue weighted by Gasteiger charge is 2.34. The monoisotopic (exact) mass is 730 g/mol. The number of carboxylic acid groups (broad SMARTS) is 2. The Balaban J connectivity index is 0. The van der Waals surface area contributed by atoms with E-state index in [0.29, 0.717) is 32.2 Å². The van der Waals surface area contributed by atoms with Crippen LogP contribution >= 0.6 is 0 Å². The second-order valence-electron chi connectivity index (χ2n) is 12.2. The molecule has 0 saturated carbocycles. The fraction of sp³-hybridized carbons (Fsp3) is 0.710. The zero-order chi connectivity index (χ0) is 39.7. The third kappa shape index (κ3) is 24.6. The fourth-order valence-electron chi connectivity index (χ4n) is 4.29. The first kappa shape index (κ1) is 47.9. The van der Waals surface area contributed by atoms with Crippen LogP contribution in [0.2, 0.25) is 0 Å². The lowest BCUT2D eigenvalue weighted by atomic mass is 9.99. The Morgan fingerprint density at radius 1 is 0.627 bits per heavy atom. The van der Waals surface area contributed by atoms with Crippen molar-refractivity contribution in [1.82, 2.24) is 21.3 Å². The Morgan fingerprint density at radius 2 is 1.10 bits per heavy atom. The average Bonchev–Trinajstić information content (AvgIpc) is 3.01. The molecule has 14 N–H and O–H groups in total. The average molecular weight is 731 g/mol. The van der Waals surface area contributed by atoms with E-state index >= 15 is 0 Å². The molecule has 0 spiro atoms.